The zero-order valence-corrected chi connectivity index (χ0v) is 17.9. The number of sulfonamides is 1. The van der Waals surface area contributed by atoms with Crippen LogP contribution in [0.3, 0.4) is 0 Å². The van der Waals surface area contributed by atoms with Crippen LogP contribution in [0.15, 0.2) is 36.4 Å². The van der Waals surface area contributed by atoms with E-state index in [0.29, 0.717) is 0 Å². The van der Waals surface area contributed by atoms with E-state index in [1.165, 1.54) is 17.2 Å². The van der Waals surface area contributed by atoms with Crippen LogP contribution in [0.25, 0.3) is 0 Å². The molecule has 3 rings (SSSR count). The lowest BCUT2D eigenvalue weighted by atomic mass is 10.0. The third kappa shape index (κ3) is 5.36. The van der Waals surface area contributed by atoms with Crippen LogP contribution in [-0.4, -0.2) is 27.1 Å². The molecule has 0 spiro atoms. The van der Waals surface area contributed by atoms with Gasteiger partial charge in [-0.3, -0.25) is 9.10 Å². The van der Waals surface area contributed by atoms with Crippen LogP contribution in [0.5, 0.6) is 0 Å². The van der Waals surface area contributed by atoms with Gasteiger partial charge in [0.25, 0.3) is 0 Å². The van der Waals surface area contributed by atoms with Gasteiger partial charge in [-0.15, -0.1) is 0 Å². The molecule has 0 saturated carbocycles. The molecule has 1 aliphatic carbocycles. The molecule has 30 heavy (non-hydrogen) atoms. The van der Waals surface area contributed by atoms with Gasteiger partial charge in [-0.1, -0.05) is 18.2 Å². The van der Waals surface area contributed by atoms with Gasteiger partial charge in [0.05, 0.1) is 18.0 Å². The maximum absolute atomic E-state index is 13.5. The maximum atomic E-state index is 13.5. The summed E-state index contributed by atoms with van der Waals surface area (Å²) in [5.74, 6) is -2.36. The van der Waals surface area contributed by atoms with E-state index in [4.69, 9.17) is 0 Å². The lowest BCUT2D eigenvalue weighted by molar-refractivity contribution is -0.121. The number of fused-ring (bicyclic) bond motifs is 1. The number of hydrogen-bond donors (Lipinski definition) is 1. The number of amides is 1. The summed E-state index contributed by atoms with van der Waals surface area (Å²) < 4.78 is 51.8. The Bertz CT molecular complexity index is 1040. The fourth-order valence-corrected chi connectivity index (χ4v) is 4.73. The van der Waals surface area contributed by atoms with Gasteiger partial charge in [0.1, 0.15) is 0 Å². The van der Waals surface area contributed by atoms with Crippen molar-refractivity contribution in [3.05, 3.63) is 64.7 Å². The van der Waals surface area contributed by atoms with Crippen molar-refractivity contribution in [3.8, 4) is 0 Å². The Morgan fingerprint density at radius 2 is 1.83 bits per heavy atom. The smallest absolute Gasteiger partial charge is 0.232 e. The summed E-state index contributed by atoms with van der Waals surface area (Å²) in [6.45, 7) is 1.91. The van der Waals surface area contributed by atoms with Crippen molar-refractivity contribution in [2.45, 2.75) is 45.1 Å². The van der Waals surface area contributed by atoms with Crippen LogP contribution < -0.4 is 9.62 Å². The molecule has 0 unspecified atom stereocenters. The largest absolute Gasteiger partial charge is 0.350 e. The van der Waals surface area contributed by atoms with Crippen LogP contribution in [0.4, 0.5) is 14.5 Å². The first kappa shape index (κ1) is 22.2. The Labute approximate surface area is 176 Å². The first-order chi connectivity index (χ1) is 14.1. The van der Waals surface area contributed by atoms with Gasteiger partial charge in [-0.25, -0.2) is 17.2 Å². The number of nitrogens with one attached hydrogen (secondary N) is 1. The van der Waals surface area contributed by atoms with E-state index in [1.54, 1.807) is 0 Å². The Balaban J connectivity index is 1.57. The second kappa shape index (κ2) is 9.12. The maximum Gasteiger partial charge on any atom is 0.232 e. The van der Waals surface area contributed by atoms with Gasteiger partial charge in [0.15, 0.2) is 11.6 Å². The van der Waals surface area contributed by atoms with Crippen LogP contribution in [-0.2, 0) is 27.7 Å². The van der Waals surface area contributed by atoms with E-state index in [2.05, 4.69) is 17.4 Å². The van der Waals surface area contributed by atoms with Crippen LogP contribution in [0.1, 0.15) is 48.9 Å². The molecule has 0 saturated heterocycles. The Hall–Kier alpha value is -2.48. The van der Waals surface area contributed by atoms with E-state index in [9.17, 15) is 22.0 Å². The Morgan fingerprint density at radius 1 is 1.10 bits per heavy atom. The van der Waals surface area contributed by atoms with Gasteiger partial charge in [-0.05, 0) is 61.4 Å². The van der Waals surface area contributed by atoms with Crippen molar-refractivity contribution >= 4 is 21.6 Å². The molecule has 2 aromatic carbocycles. The molecular formula is C22H26F2N2O3S. The van der Waals surface area contributed by atoms with Crippen molar-refractivity contribution < 1.29 is 22.0 Å². The molecule has 2 aromatic rings. The highest BCUT2D eigenvalue weighted by Gasteiger charge is 2.20. The average Bonchev–Trinajstić information content (AvgIpc) is 3.14. The molecule has 0 aliphatic heterocycles. The highest BCUT2D eigenvalue weighted by Crippen LogP contribution is 2.25. The number of aryl methyl sites for hydroxylation is 2. The molecule has 1 aliphatic rings. The summed E-state index contributed by atoms with van der Waals surface area (Å²) in [5, 5.41) is 2.94. The van der Waals surface area contributed by atoms with E-state index < -0.39 is 21.7 Å². The standard InChI is InChI=1S/C22H26F2N2O3S/c1-15(17-9-8-16-5-3-6-18(16)13-17)25-22(27)7-4-12-26(30(2,28)29)19-10-11-20(23)21(24)14-19/h8-11,13-15H,3-7,12H2,1-2H3,(H,25,27)/t15-/m0/s1. The fraction of sp³-hybridized carbons (Fsp3) is 0.409. The summed E-state index contributed by atoms with van der Waals surface area (Å²) >= 11 is 0. The molecule has 0 heterocycles. The lowest BCUT2D eigenvalue weighted by Gasteiger charge is -2.22. The Morgan fingerprint density at radius 3 is 2.53 bits per heavy atom. The van der Waals surface area contributed by atoms with E-state index >= 15 is 0 Å². The SMILES string of the molecule is C[C@H](NC(=O)CCCN(c1ccc(F)c(F)c1)S(C)(=O)=O)c1ccc2c(c1)CCC2. The molecule has 0 radical (unpaired) electrons. The molecule has 1 amide bonds. The quantitative estimate of drug-likeness (QED) is 0.683. The first-order valence-corrected chi connectivity index (χ1v) is 11.8. The van der Waals surface area contributed by atoms with Crippen LogP contribution in [0, 0.1) is 11.6 Å². The van der Waals surface area contributed by atoms with Crippen molar-refractivity contribution in [2.75, 3.05) is 17.1 Å². The molecule has 162 valence electrons. The average molecular weight is 437 g/mol. The normalized spacial score (nSPS) is 14.3. The molecule has 0 aromatic heterocycles. The number of rotatable bonds is 8. The predicted molar refractivity (Wildman–Crippen MR) is 113 cm³/mol. The molecule has 8 heteroatoms. The van der Waals surface area contributed by atoms with E-state index in [-0.39, 0.29) is 37.0 Å². The van der Waals surface area contributed by atoms with Gasteiger partial charge in [0, 0.05) is 19.0 Å². The molecule has 1 atom stereocenters. The number of carbonyl (C=O) groups is 1. The molecular weight excluding hydrogens is 410 g/mol. The number of hydrogen-bond acceptors (Lipinski definition) is 3. The number of benzene rings is 2. The van der Waals surface area contributed by atoms with Gasteiger partial charge < -0.3 is 5.32 Å². The summed E-state index contributed by atoms with van der Waals surface area (Å²) in [7, 11) is -3.70. The summed E-state index contributed by atoms with van der Waals surface area (Å²) in [4.78, 5) is 12.3. The highest BCUT2D eigenvalue weighted by molar-refractivity contribution is 7.92. The third-order valence-corrected chi connectivity index (χ3v) is 6.55. The zero-order valence-electron chi connectivity index (χ0n) is 17.1. The second-order valence-corrected chi connectivity index (χ2v) is 9.61. The van der Waals surface area contributed by atoms with Gasteiger partial charge in [0.2, 0.25) is 15.9 Å². The van der Waals surface area contributed by atoms with Crippen LogP contribution >= 0.6 is 0 Å². The van der Waals surface area contributed by atoms with Crippen LogP contribution in [0.2, 0.25) is 0 Å². The number of nitrogens with zero attached hydrogens (tertiary/aromatic N) is 1. The van der Waals surface area contributed by atoms with Crippen molar-refractivity contribution in [2.24, 2.45) is 0 Å². The van der Waals surface area contributed by atoms with E-state index in [0.717, 1.165) is 47.5 Å². The second-order valence-electron chi connectivity index (χ2n) is 7.71. The Kier molecular flexibility index (Phi) is 6.75. The first-order valence-electron chi connectivity index (χ1n) is 9.99. The minimum absolute atomic E-state index is 0.00937. The molecule has 0 fully saturated rings. The fourth-order valence-electron chi connectivity index (χ4n) is 3.77. The lowest BCUT2D eigenvalue weighted by Crippen LogP contribution is -2.32. The topological polar surface area (TPSA) is 66.5 Å². The van der Waals surface area contributed by atoms with E-state index in [1.807, 2.05) is 13.0 Å². The van der Waals surface area contributed by atoms with Gasteiger partial charge >= 0.3 is 0 Å². The van der Waals surface area contributed by atoms with Crippen molar-refractivity contribution in [1.82, 2.24) is 5.32 Å². The molecule has 5 nitrogen and oxygen atoms in total. The predicted octanol–water partition coefficient (Wildman–Crippen LogP) is 3.88. The van der Waals surface area contributed by atoms with Gasteiger partial charge in [-0.2, -0.15) is 0 Å². The number of anilines is 1. The minimum Gasteiger partial charge on any atom is -0.350 e. The number of carbonyl (C=O) groups excluding carboxylic acids is 1. The van der Waals surface area contributed by atoms with Crippen molar-refractivity contribution in [3.63, 3.8) is 0 Å². The number of halogens is 2. The molecule has 0 bridgehead atoms. The summed E-state index contributed by atoms with van der Waals surface area (Å²) in [5.41, 5.74) is 3.78. The minimum atomic E-state index is -3.70. The summed E-state index contributed by atoms with van der Waals surface area (Å²) in [6.07, 6.45) is 4.68. The molecule has 1 N–H and O–H groups in total. The third-order valence-electron chi connectivity index (χ3n) is 5.36. The van der Waals surface area contributed by atoms with Crippen molar-refractivity contribution in [1.29, 1.82) is 0 Å². The summed E-state index contributed by atoms with van der Waals surface area (Å²) in [6, 6.07) is 9.06. The monoisotopic (exact) mass is 436 g/mol. The highest BCUT2D eigenvalue weighted by atomic mass is 32.2. The zero-order chi connectivity index (χ0) is 21.9.